The van der Waals surface area contributed by atoms with Gasteiger partial charge < -0.3 is 9.88 Å². The highest BCUT2D eigenvalue weighted by molar-refractivity contribution is 6.05. The molecule has 0 atom stereocenters. The van der Waals surface area contributed by atoms with Crippen molar-refractivity contribution in [3.8, 4) is 0 Å². The van der Waals surface area contributed by atoms with Gasteiger partial charge in [0, 0.05) is 23.8 Å². The fourth-order valence-corrected chi connectivity index (χ4v) is 2.52. The lowest BCUT2D eigenvalue weighted by molar-refractivity contribution is 0.102. The molecule has 4 nitrogen and oxygen atoms in total. The van der Waals surface area contributed by atoms with Gasteiger partial charge in [-0.25, -0.2) is 8.78 Å². The maximum Gasteiger partial charge on any atom is 0.261 e. The highest BCUT2D eigenvalue weighted by atomic mass is 19.1. The van der Waals surface area contributed by atoms with Crippen molar-refractivity contribution < 1.29 is 13.6 Å². The first-order chi connectivity index (χ1) is 11.5. The van der Waals surface area contributed by atoms with E-state index in [2.05, 4.69) is 5.32 Å². The zero-order chi connectivity index (χ0) is 17.3. The first-order valence-corrected chi connectivity index (χ1v) is 7.39. The quantitative estimate of drug-likeness (QED) is 0.799. The lowest BCUT2D eigenvalue weighted by Crippen LogP contribution is -2.24. The van der Waals surface area contributed by atoms with Gasteiger partial charge in [-0.15, -0.1) is 0 Å². The number of hydrogen-bond donors (Lipinski definition) is 1. The van der Waals surface area contributed by atoms with E-state index < -0.39 is 23.0 Å². The van der Waals surface area contributed by atoms with Gasteiger partial charge in [0.2, 0.25) is 5.43 Å². The van der Waals surface area contributed by atoms with Crippen LogP contribution in [0.25, 0.3) is 10.9 Å². The molecule has 1 N–H and O–H groups in total. The number of carbonyl (C=O) groups excluding carboxylic acids is 1. The zero-order valence-corrected chi connectivity index (χ0v) is 12.8. The van der Waals surface area contributed by atoms with Gasteiger partial charge in [-0.1, -0.05) is 0 Å². The Hall–Kier alpha value is -3.02. The summed E-state index contributed by atoms with van der Waals surface area (Å²) in [6.07, 6.45) is 1.45. The van der Waals surface area contributed by atoms with Crippen LogP contribution in [0.2, 0.25) is 0 Å². The molecule has 0 saturated carbocycles. The molecule has 0 saturated heterocycles. The number of halogens is 2. The van der Waals surface area contributed by atoms with Crippen LogP contribution in [-0.2, 0) is 6.54 Å². The van der Waals surface area contributed by atoms with Gasteiger partial charge in [0.05, 0.1) is 5.52 Å². The van der Waals surface area contributed by atoms with Crippen molar-refractivity contribution >= 4 is 22.5 Å². The number of nitrogens with one attached hydrogen (secondary N) is 1. The summed E-state index contributed by atoms with van der Waals surface area (Å²) in [5, 5.41) is 2.69. The molecule has 0 aliphatic carbocycles. The van der Waals surface area contributed by atoms with E-state index in [0.29, 0.717) is 17.7 Å². The minimum absolute atomic E-state index is 0.0979. The number of benzene rings is 2. The van der Waals surface area contributed by atoms with Crippen LogP contribution < -0.4 is 10.7 Å². The second kappa shape index (κ2) is 6.23. The lowest BCUT2D eigenvalue weighted by atomic mass is 10.1. The zero-order valence-electron chi connectivity index (χ0n) is 12.8. The minimum Gasteiger partial charge on any atom is -0.347 e. The fourth-order valence-electron chi connectivity index (χ4n) is 2.52. The van der Waals surface area contributed by atoms with Gasteiger partial charge in [-0.2, -0.15) is 0 Å². The van der Waals surface area contributed by atoms with E-state index in [0.717, 1.165) is 6.07 Å². The van der Waals surface area contributed by atoms with Gasteiger partial charge in [-0.3, -0.25) is 9.59 Å². The van der Waals surface area contributed by atoms with Crippen molar-refractivity contribution in [2.45, 2.75) is 13.5 Å². The predicted molar refractivity (Wildman–Crippen MR) is 88.2 cm³/mol. The Morgan fingerprint density at radius 2 is 1.75 bits per heavy atom. The number of aryl methyl sites for hydroxylation is 1. The summed E-state index contributed by atoms with van der Waals surface area (Å²) in [5.74, 6) is -1.60. The molecule has 1 amide bonds. The summed E-state index contributed by atoms with van der Waals surface area (Å²) in [5.41, 5.74) is 0.276. The molecule has 1 aromatic heterocycles. The van der Waals surface area contributed by atoms with E-state index in [4.69, 9.17) is 0 Å². The summed E-state index contributed by atoms with van der Waals surface area (Å²) >= 11 is 0. The number of nitrogens with zero attached hydrogens (tertiary/aromatic N) is 1. The molecule has 0 aliphatic rings. The number of pyridine rings is 1. The first kappa shape index (κ1) is 15.9. The lowest BCUT2D eigenvalue weighted by Gasteiger charge is -2.12. The molecule has 0 fully saturated rings. The Balaban J connectivity index is 2.08. The number of aromatic nitrogens is 1. The van der Waals surface area contributed by atoms with Crippen molar-refractivity contribution in [1.29, 1.82) is 0 Å². The average molecular weight is 328 g/mol. The number of carbonyl (C=O) groups is 1. The molecular weight excluding hydrogens is 314 g/mol. The van der Waals surface area contributed by atoms with Crippen LogP contribution in [0.5, 0.6) is 0 Å². The van der Waals surface area contributed by atoms with Crippen LogP contribution in [0, 0.1) is 11.6 Å². The van der Waals surface area contributed by atoms with E-state index in [1.807, 2.05) is 6.92 Å². The molecular formula is C18H14F2N2O2. The molecule has 0 bridgehead atoms. The first-order valence-electron chi connectivity index (χ1n) is 7.39. The van der Waals surface area contributed by atoms with Crippen molar-refractivity contribution in [2.24, 2.45) is 0 Å². The molecule has 122 valence electrons. The number of anilines is 1. The van der Waals surface area contributed by atoms with Crippen molar-refractivity contribution in [3.63, 3.8) is 0 Å². The molecule has 6 heteroatoms. The van der Waals surface area contributed by atoms with Crippen molar-refractivity contribution in [3.05, 3.63) is 76.1 Å². The van der Waals surface area contributed by atoms with Crippen LogP contribution in [0.1, 0.15) is 17.3 Å². The third-order valence-corrected chi connectivity index (χ3v) is 3.73. The highest BCUT2D eigenvalue weighted by Gasteiger charge is 2.16. The predicted octanol–water partition coefficient (Wildman–Crippen LogP) is 3.55. The van der Waals surface area contributed by atoms with Gasteiger partial charge in [0.15, 0.2) is 0 Å². The molecule has 3 aromatic rings. The van der Waals surface area contributed by atoms with Crippen LogP contribution >= 0.6 is 0 Å². The summed E-state index contributed by atoms with van der Waals surface area (Å²) < 4.78 is 28.1. The van der Waals surface area contributed by atoms with Crippen LogP contribution in [-0.4, -0.2) is 10.5 Å². The normalized spacial score (nSPS) is 10.8. The maximum absolute atomic E-state index is 13.5. The number of amides is 1. The largest absolute Gasteiger partial charge is 0.347 e. The van der Waals surface area contributed by atoms with E-state index >= 15 is 0 Å². The van der Waals surface area contributed by atoms with E-state index in [1.54, 1.807) is 4.57 Å². The monoisotopic (exact) mass is 328 g/mol. The molecule has 3 rings (SSSR count). The Morgan fingerprint density at radius 3 is 2.42 bits per heavy atom. The third-order valence-electron chi connectivity index (χ3n) is 3.73. The van der Waals surface area contributed by atoms with Crippen LogP contribution in [0.15, 0.2) is 53.5 Å². The van der Waals surface area contributed by atoms with Gasteiger partial charge >= 0.3 is 0 Å². The molecule has 0 spiro atoms. The smallest absolute Gasteiger partial charge is 0.261 e. The SMILES string of the molecule is CCn1cc(C(=O)Nc2ccc(F)cc2)c(=O)c2cc(F)ccc21. The summed E-state index contributed by atoms with van der Waals surface area (Å²) in [6, 6.07) is 9.10. The van der Waals surface area contributed by atoms with E-state index in [9.17, 15) is 18.4 Å². The third kappa shape index (κ3) is 2.90. The molecule has 0 unspecified atom stereocenters. The molecule has 1 heterocycles. The second-order valence-corrected chi connectivity index (χ2v) is 5.28. The Labute approximate surface area is 136 Å². The van der Waals surface area contributed by atoms with Gasteiger partial charge in [0.25, 0.3) is 5.91 Å². The number of fused-ring (bicyclic) bond motifs is 1. The number of rotatable bonds is 3. The fraction of sp³-hybridized carbons (Fsp3) is 0.111. The molecule has 0 radical (unpaired) electrons. The Morgan fingerprint density at radius 1 is 1.08 bits per heavy atom. The summed E-state index contributed by atoms with van der Waals surface area (Å²) in [6.45, 7) is 2.37. The van der Waals surface area contributed by atoms with Crippen LogP contribution in [0.4, 0.5) is 14.5 Å². The minimum atomic E-state index is -0.625. The average Bonchev–Trinajstić information content (AvgIpc) is 2.57. The number of hydrogen-bond acceptors (Lipinski definition) is 2. The molecule has 2 aromatic carbocycles. The Kier molecular flexibility index (Phi) is 4.12. The topological polar surface area (TPSA) is 51.1 Å². The molecule has 24 heavy (non-hydrogen) atoms. The maximum atomic E-state index is 13.5. The second-order valence-electron chi connectivity index (χ2n) is 5.28. The van der Waals surface area contributed by atoms with Crippen molar-refractivity contribution in [2.75, 3.05) is 5.32 Å². The molecule has 0 aliphatic heterocycles. The highest BCUT2D eigenvalue weighted by Crippen LogP contribution is 2.15. The van der Waals surface area contributed by atoms with Gasteiger partial charge in [0.1, 0.15) is 17.2 Å². The van der Waals surface area contributed by atoms with Gasteiger partial charge in [-0.05, 0) is 49.4 Å². The summed E-state index contributed by atoms with van der Waals surface area (Å²) in [7, 11) is 0. The standard InChI is InChI=1S/C18H14F2N2O2/c1-2-22-10-15(17(23)14-9-12(20)5-8-16(14)22)18(24)21-13-6-3-11(19)4-7-13/h3-10H,2H2,1H3,(H,21,24). The van der Waals surface area contributed by atoms with E-state index in [1.165, 1.54) is 42.6 Å². The Bertz CT molecular complexity index is 979. The summed E-state index contributed by atoms with van der Waals surface area (Å²) in [4.78, 5) is 24.9. The van der Waals surface area contributed by atoms with Crippen LogP contribution in [0.3, 0.4) is 0 Å². The van der Waals surface area contributed by atoms with E-state index in [-0.39, 0.29) is 10.9 Å². The van der Waals surface area contributed by atoms with Crippen molar-refractivity contribution in [1.82, 2.24) is 4.57 Å².